The first-order chi connectivity index (χ1) is 14.7. The van der Waals surface area contributed by atoms with Gasteiger partial charge in [-0.15, -0.1) is 0 Å². The van der Waals surface area contributed by atoms with Gasteiger partial charge in [-0.3, -0.25) is 0 Å². The number of hydrogen-bond donors (Lipinski definition) is 1. The average Bonchev–Trinajstić information content (AvgIpc) is 3.17. The molecule has 0 saturated carbocycles. The van der Waals surface area contributed by atoms with Crippen LogP contribution in [0.1, 0.15) is 29.1 Å². The highest BCUT2D eigenvalue weighted by Crippen LogP contribution is 2.39. The molecule has 6 nitrogen and oxygen atoms in total. The van der Waals surface area contributed by atoms with Gasteiger partial charge in [-0.1, -0.05) is 60.7 Å². The Hall–Kier alpha value is -1.78. The highest BCUT2D eigenvalue weighted by Gasteiger charge is 2.46. The van der Waals surface area contributed by atoms with Gasteiger partial charge in [-0.2, -0.15) is 0 Å². The number of methoxy groups -OCH3 is 1. The Bertz CT molecular complexity index is 935. The number of ether oxygens (including phenoxy) is 3. The predicted octanol–water partition coefficient (Wildman–Crippen LogP) is 3.89. The molecule has 0 saturated heterocycles. The number of imidazole rings is 1. The van der Waals surface area contributed by atoms with E-state index in [1.165, 1.54) is 0 Å². The van der Waals surface area contributed by atoms with Gasteiger partial charge >= 0.3 is 0 Å². The van der Waals surface area contributed by atoms with Crippen molar-refractivity contribution in [2.45, 2.75) is 37.6 Å². The summed E-state index contributed by atoms with van der Waals surface area (Å²) < 4.78 is 21.4. The fraction of sp³-hybridized carbons (Fsp3) is 0.348. The van der Waals surface area contributed by atoms with Crippen LogP contribution in [0.3, 0.4) is 0 Å². The van der Waals surface area contributed by atoms with E-state index in [0.29, 0.717) is 13.2 Å². The summed E-state index contributed by atoms with van der Waals surface area (Å²) in [5, 5.41) is 10.1. The molecule has 0 spiro atoms. The zero-order valence-electron chi connectivity index (χ0n) is 16.7. The minimum Gasteiger partial charge on any atom is -0.394 e. The molecule has 4 atom stereocenters. The predicted molar refractivity (Wildman–Crippen MR) is 121 cm³/mol. The molecule has 1 aromatic heterocycles. The molecule has 7 heteroatoms. The number of aromatic nitrogens is 2. The van der Waals surface area contributed by atoms with E-state index in [-0.39, 0.29) is 18.8 Å². The number of fused-ring (bicyclic) bond motifs is 1. The Kier molecular flexibility index (Phi) is 7.16. The molecule has 0 radical (unpaired) electrons. The number of nitrogens with zero attached hydrogens (tertiary/aromatic N) is 2. The van der Waals surface area contributed by atoms with Crippen LogP contribution in [0.5, 0.6) is 0 Å². The van der Waals surface area contributed by atoms with Crippen LogP contribution in [0.4, 0.5) is 0 Å². The van der Waals surface area contributed by atoms with Crippen molar-refractivity contribution in [3.8, 4) is 0 Å². The number of aliphatic hydroxyl groups is 1. The largest absolute Gasteiger partial charge is 0.394 e. The molecule has 0 fully saturated rings. The van der Waals surface area contributed by atoms with Gasteiger partial charge in [0, 0.05) is 13.3 Å². The molecule has 0 amide bonds. The number of halogens is 1. The molecule has 4 rings (SSSR count). The Morgan fingerprint density at radius 1 is 0.933 bits per heavy atom. The summed E-state index contributed by atoms with van der Waals surface area (Å²) in [5.41, 5.74) is 2.14. The third kappa shape index (κ3) is 4.60. The van der Waals surface area contributed by atoms with Crippen LogP contribution in [-0.2, 0) is 27.4 Å². The lowest BCUT2D eigenvalue weighted by Crippen LogP contribution is -2.49. The number of rotatable bonds is 8. The SMILES string of the molecule is CO[C@H]1[C@H](OCc2ccccc2)[C@@H](OCc2ccccc2)c2nc(I)cn2[C@@H]1CO. The van der Waals surface area contributed by atoms with Crippen molar-refractivity contribution in [1.29, 1.82) is 0 Å². The normalized spacial score (nSPS) is 23.3. The molecule has 3 aromatic rings. The van der Waals surface area contributed by atoms with Gasteiger partial charge < -0.3 is 23.9 Å². The summed E-state index contributed by atoms with van der Waals surface area (Å²) in [5.74, 6) is 0.751. The lowest BCUT2D eigenvalue weighted by molar-refractivity contribution is -0.175. The van der Waals surface area contributed by atoms with E-state index in [2.05, 4.69) is 22.6 Å². The molecule has 0 aliphatic carbocycles. The van der Waals surface area contributed by atoms with E-state index < -0.39 is 12.2 Å². The van der Waals surface area contributed by atoms with Gasteiger partial charge in [0.25, 0.3) is 0 Å². The molecule has 0 bridgehead atoms. The van der Waals surface area contributed by atoms with Gasteiger partial charge in [-0.05, 0) is 33.7 Å². The second-order valence-corrected chi connectivity index (χ2v) is 8.36. The van der Waals surface area contributed by atoms with Crippen LogP contribution in [0.25, 0.3) is 0 Å². The minimum atomic E-state index is -0.426. The zero-order chi connectivity index (χ0) is 20.9. The Morgan fingerprint density at radius 2 is 1.53 bits per heavy atom. The van der Waals surface area contributed by atoms with E-state index in [1.807, 2.05) is 71.4 Å². The molecule has 0 unspecified atom stereocenters. The van der Waals surface area contributed by atoms with Crippen molar-refractivity contribution in [3.63, 3.8) is 0 Å². The summed E-state index contributed by atoms with van der Waals surface area (Å²) in [6.45, 7) is 0.779. The molecule has 1 aliphatic heterocycles. The van der Waals surface area contributed by atoms with Gasteiger partial charge in [0.2, 0.25) is 0 Å². The first kappa shape index (κ1) is 21.5. The average molecular weight is 520 g/mol. The van der Waals surface area contributed by atoms with Gasteiger partial charge in [0.1, 0.15) is 27.8 Å². The molecular formula is C23H25IN2O4. The standard InChI is InChI=1S/C23H25IN2O4/c1-28-20-18(13-27)26-12-19(24)25-23(26)22(30-15-17-10-6-3-7-11-17)21(20)29-14-16-8-4-2-5-9-16/h2-12,18,20-22,27H,13-15H2,1H3/t18-,20-,21+,22-/m1/s1. The van der Waals surface area contributed by atoms with Gasteiger partial charge in [0.05, 0.1) is 25.9 Å². The maximum atomic E-state index is 10.1. The van der Waals surface area contributed by atoms with Crippen molar-refractivity contribution >= 4 is 22.6 Å². The van der Waals surface area contributed by atoms with Crippen LogP contribution in [0.2, 0.25) is 0 Å². The molecule has 2 heterocycles. The number of benzene rings is 2. The summed E-state index contributed by atoms with van der Waals surface area (Å²) in [7, 11) is 1.65. The van der Waals surface area contributed by atoms with Crippen molar-refractivity contribution < 1.29 is 19.3 Å². The third-order valence-electron chi connectivity index (χ3n) is 5.36. The summed E-state index contributed by atoms with van der Waals surface area (Å²) in [6.07, 6.45) is 0.707. The van der Waals surface area contributed by atoms with Crippen LogP contribution in [0.15, 0.2) is 66.9 Å². The van der Waals surface area contributed by atoms with Crippen molar-refractivity contribution in [2.24, 2.45) is 0 Å². The van der Waals surface area contributed by atoms with Crippen LogP contribution < -0.4 is 0 Å². The Labute approximate surface area is 189 Å². The molecule has 2 aromatic carbocycles. The Balaban J connectivity index is 1.64. The van der Waals surface area contributed by atoms with E-state index in [0.717, 1.165) is 20.7 Å². The summed E-state index contributed by atoms with van der Waals surface area (Å²) >= 11 is 2.18. The number of aliphatic hydroxyl groups excluding tert-OH is 1. The van der Waals surface area contributed by atoms with E-state index in [9.17, 15) is 5.11 Å². The van der Waals surface area contributed by atoms with E-state index in [4.69, 9.17) is 19.2 Å². The first-order valence-electron chi connectivity index (χ1n) is 9.90. The second-order valence-electron chi connectivity index (χ2n) is 7.26. The summed E-state index contributed by atoms with van der Waals surface area (Å²) in [4.78, 5) is 4.70. The fourth-order valence-electron chi connectivity index (χ4n) is 3.91. The smallest absolute Gasteiger partial charge is 0.144 e. The highest BCUT2D eigenvalue weighted by atomic mass is 127. The van der Waals surface area contributed by atoms with E-state index >= 15 is 0 Å². The summed E-state index contributed by atoms with van der Waals surface area (Å²) in [6, 6.07) is 19.7. The number of hydrogen-bond acceptors (Lipinski definition) is 5. The lowest BCUT2D eigenvalue weighted by Gasteiger charge is -2.41. The van der Waals surface area contributed by atoms with E-state index in [1.54, 1.807) is 7.11 Å². The van der Waals surface area contributed by atoms with Crippen LogP contribution in [0, 0.1) is 3.70 Å². The monoisotopic (exact) mass is 520 g/mol. The van der Waals surface area contributed by atoms with Gasteiger partial charge in [-0.25, -0.2) is 4.98 Å². The fourth-order valence-corrected chi connectivity index (χ4v) is 4.46. The van der Waals surface area contributed by atoms with Crippen LogP contribution >= 0.6 is 22.6 Å². The maximum absolute atomic E-state index is 10.1. The molecule has 1 N–H and O–H groups in total. The minimum absolute atomic E-state index is 0.0749. The van der Waals surface area contributed by atoms with Crippen molar-refractivity contribution in [1.82, 2.24) is 9.55 Å². The third-order valence-corrected chi connectivity index (χ3v) is 5.88. The second kappa shape index (κ2) is 10.0. The molecule has 30 heavy (non-hydrogen) atoms. The molecular weight excluding hydrogens is 495 g/mol. The maximum Gasteiger partial charge on any atom is 0.144 e. The lowest BCUT2D eigenvalue weighted by atomic mass is 9.95. The molecule has 158 valence electrons. The molecule has 1 aliphatic rings. The topological polar surface area (TPSA) is 65.7 Å². The quantitative estimate of drug-likeness (QED) is 0.457. The first-order valence-corrected chi connectivity index (χ1v) is 11.0. The Morgan fingerprint density at radius 3 is 2.10 bits per heavy atom. The van der Waals surface area contributed by atoms with Crippen LogP contribution in [-0.4, -0.2) is 40.6 Å². The van der Waals surface area contributed by atoms with Crippen molar-refractivity contribution in [3.05, 3.63) is 87.5 Å². The highest BCUT2D eigenvalue weighted by molar-refractivity contribution is 14.1. The van der Waals surface area contributed by atoms with Crippen molar-refractivity contribution in [2.75, 3.05) is 13.7 Å². The van der Waals surface area contributed by atoms with Gasteiger partial charge in [0.15, 0.2) is 0 Å². The zero-order valence-corrected chi connectivity index (χ0v) is 18.9.